The van der Waals surface area contributed by atoms with Crippen LogP contribution in [-0.4, -0.2) is 11.5 Å². The van der Waals surface area contributed by atoms with E-state index >= 15 is 0 Å². The van der Waals surface area contributed by atoms with Crippen LogP contribution in [0.1, 0.15) is 51.9 Å². The molecule has 0 amide bonds. The van der Waals surface area contributed by atoms with Gasteiger partial charge in [-0.2, -0.15) is 11.8 Å². The Hall–Kier alpha value is 0.350. The van der Waals surface area contributed by atoms with Crippen molar-refractivity contribution in [1.82, 2.24) is 0 Å². The molecule has 1 heteroatoms. The molecule has 1 heterocycles. The van der Waals surface area contributed by atoms with Crippen molar-refractivity contribution in [3.05, 3.63) is 0 Å². The highest BCUT2D eigenvalue weighted by molar-refractivity contribution is 8.00. The van der Waals surface area contributed by atoms with E-state index in [1.165, 1.54) is 56.5 Å². The van der Waals surface area contributed by atoms with Crippen molar-refractivity contribution in [2.24, 2.45) is 5.92 Å². The minimum Gasteiger partial charge on any atom is -0.161 e. The first-order chi connectivity index (χ1) is 5.93. The smallest absolute Gasteiger partial charge is 0.00311 e. The quantitative estimate of drug-likeness (QED) is 0.539. The van der Waals surface area contributed by atoms with E-state index in [0.29, 0.717) is 0 Å². The molecule has 1 saturated heterocycles. The monoisotopic (exact) mass is 186 g/mol. The molecule has 0 N–H and O–H groups in total. The first-order valence-corrected chi connectivity index (χ1v) is 6.66. The average molecular weight is 186 g/mol. The minimum absolute atomic E-state index is 1.10. The van der Waals surface area contributed by atoms with Gasteiger partial charge < -0.3 is 0 Å². The SMILES string of the molecule is CCCCCCCCC1CSC1. The maximum absolute atomic E-state index is 2.28. The van der Waals surface area contributed by atoms with E-state index in [4.69, 9.17) is 0 Å². The lowest BCUT2D eigenvalue weighted by atomic mass is 10.0. The molecule has 0 bridgehead atoms. The van der Waals surface area contributed by atoms with Crippen molar-refractivity contribution in [1.29, 1.82) is 0 Å². The second kappa shape index (κ2) is 6.82. The highest BCUT2D eigenvalue weighted by atomic mass is 32.2. The van der Waals surface area contributed by atoms with Crippen molar-refractivity contribution >= 4 is 11.8 Å². The fourth-order valence-corrected chi connectivity index (χ4v) is 2.57. The molecule has 0 saturated carbocycles. The topological polar surface area (TPSA) is 0 Å². The van der Waals surface area contributed by atoms with Crippen LogP contribution < -0.4 is 0 Å². The lowest BCUT2D eigenvalue weighted by Gasteiger charge is -2.24. The van der Waals surface area contributed by atoms with Gasteiger partial charge in [0.15, 0.2) is 0 Å². The highest BCUT2D eigenvalue weighted by Gasteiger charge is 2.16. The van der Waals surface area contributed by atoms with Gasteiger partial charge in [-0.1, -0.05) is 45.4 Å². The van der Waals surface area contributed by atoms with E-state index in [1.54, 1.807) is 0 Å². The van der Waals surface area contributed by atoms with E-state index in [0.717, 1.165) is 5.92 Å². The molecule has 0 unspecified atom stereocenters. The average Bonchev–Trinajstić information content (AvgIpc) is 2.00. The number of thioether (sulfide) groups is 1. The summed E-state index contributed by atoms with van der Waals surface area (Å²) in [5.41, 5.74) is 0. The Morgan fingerprint density at radius 3 is 2.25 bits per heavy atom. The van der Waals surface area contributed by atoms with Gasteiger partial charge >= 0.3 is 0 Å². The molecule has 0 atom stereocenters. The molecule has 0 aromatic carbocycles. The molecular formula is C11H22S. The van der Waals surface area contributed by atoms with E-state index in [-0.39, 0.29) is 0 Å². The van der Waals surface area contributed by atoms with Gasteiger partial charge in [-0.3, -0.25) is 0 Å². The van der Waals surface area contributed by atoms with Gasteiger partial charge in [0.05, 0.1) is 0 Å². The molecule has 72 valence electrons. The zero-order chi connectivity index (χ0) is 8.65. The van der Waals surface area contributed by atoms with Crippen LogP contribution >= 0.6 is 11.8 Å². The summed E-state index contributed by atoms with van der Waals surface area (Å²) in [6.07, 6.45) is 10.3. The van der Waals surface area contributed by atoms with E-state index < -0.39 is 0 Å². The molecule has 0 radical (unpaired) electrons. The molecule has 1 rings (SSSR count). The third-order valence-corrected chi connectivity index (χ3v) is 4.09. The lowest BCUT2D eigenvalue weighted by Crippen LogP contribution is -2.17. The van der Waals surface area contributed by atoms with Crippen LogP contribution in [0.2, 0.25) is 0 Å². The summed E-state index contributed by atoms with van der Waals surface area (Å²) in [5, 5.41) is 0. The first-order valence-electron chi connectivity index (χ1n) is 5.51. The summed E-state index contributed by atoms with van der Waals surface area (Å²) < 4.78 is 0. The Balaban J connectivity index is 1.70. The predicted molar refractivity (Wildman–Crippen MR) is 58.8 cm³/mol. The van der Waals surface area contributed by atoms with E-state index in [2.05, 4.69) is 18.7 Å². The van der Waals surface area contributed by atoms with Gasteiger partial charge in [0.1, 0.15) is 0 Å². The Labute approximate surface area is 81.5 Å². The second-order valence-corrected chi connectivity index (χ2v) is 5.03. The van der Waals surface area contributed by atoms with Crippen molar-refractivity contribution in [3.8, 4) is 0 Å². The molecule has 0 aromatic rings. The van der Waals surface area contributed by atoms with Crippen LogP contribution in [0.25, 0.3) is 0 Å². The van der Waals surface area contributed by atoms with E-state index in [1.807, 2.05) is 0 Å². The van der Waals surface area contributed by atoms with Crippen LogP contribution in [0.3, 0.4) is 0 Å². The minimum atomic E-state index is 1.10. The van der Waals surface area contributed by atoms with Gasteiger partial charge in [-0.15, -0.1) is 0 Å². The summed E-state index contributed by atoms with van der Waals surface area (Å²) in [6, 6.07) is 0. The zero-order valence-corrected chi connectivity index (χ0v) is 9.17. The maximum Gasteiger partial charge on any atom is -0.00311 e. The van der Waals surface area contributed by atoms with Crippen molar-refractivity contribution in [3.63, 3.8) is 0 Å². The van der Waals surface area contributed by atoms with Gasteiger partial charge in [-0.25, -0.2) is 0 Å². The van der Waals surface area contributed by atoms with Crippen LogP contribution in [0.5, 0.6) is 0 Å². The van der Waals surface area contributed by atoms with Crippen molar-refractivity contribution in [2.75, 3.05) is 11.5 Å². The van der Waals surface area contributed by atoms with Crippen molar-refractivity contribution < 1.29 is 0 Å². The Morgan fingerprint density at radius 1 is 1.00 bits per heavy atom. The second-order valence-electron chi connectivity index (χ2n) is 3.96. The van der Waals surface area contributed by atoms with Gasteiger partial charge in [-0.05, 0) is 23.8 Å². The van der Waals surface area contributed by atoms with Gasteiger partial charge in [0.25, 0.3) is 0 Å². The zero-order valence-electron chi connectivity index (χ0n) is 8.35. The molecule has 0 nitrogen and oxygen atoms in total. The van der Waals surface area contributed by atoms with Crippen LogP contribution in [0, 0.1) is 5.92 Å². The molecular weight excluding hydrogens is 164 g/mol. The molecule has 0 aromatic heterocycles. The summed E-state index contributed by atoms with van der Waals surface area (Å²) >= 11 is 2.12. The molecule has 0 aliphatic carbocycles. The van der Waals surface area contributed by atoms with Crippen LogP contribution in [-0.2, 0) is 0 Å². The number of unbranched alkanes of at least 4 members (excludes halogenated alkanes) is 5. The van der Waals surface area contributed by atoms with Crippen molar-refractivity contribution in [2.45, 2.75) is 51.9 Å². The summed E-state index contributed by atoms with van der Waals surface area (Å²) in [6.45, 7) is 2.28. The van der Waals surface area contributed by atoms with E-state index in [9.17, 15) is 0 Å². The Bertz CT molecular complexity index is 97.2. The lowest BCUT2D eigenvalue weighted by molar-refractivity contribution is 0.510. The summed E-state index contributed by atoms with van der Waals surface area (Å²) in [5.74, 6) is 4.00. The fourth-order valence-electron chi connectivity index (χ4n) is 1.66. The predicted octanol–water partition coefficient (Wildman–Crippen LogP) is 4.10. The fraction of sp³-hybridized carbons (Fsp3) is 1.00. The van der Waals surface area contributed by atoms with Crippen LogP contribution in [0.4, 0.5) is 0 Å². The first kappa shape index (κ1) is 10.4. The highest BCUT2D eigenvalue weighted by Crippen LogP contribution is 2.29. The Morgan fingerprint density at radius 2 is 1.67 bits per heavy atom. The Kier molecular flexibility index (Phi) is 5.93. The van der Waals surface area contributed by atoms with Gasteiger partial charge in [0.2, 0.25) is 0 Å². The third-order valence-electron chi connectivity index (χ3n) is 2.67. The molecule has 1 fully saturated rings. The van der Waals surface area contributed by atoms with Crippen LogP contribution in [0.15, 0.2) is 0 Å². The molecule has 12 heavy (non-hydrogen) atoms. The summed E-state index contributed by atoms with van der Waals surface area (Å²) in [7, 11) is 0. The van der Waals surface area contributed by atoms with Gasteiger partial charge in [0, 0.05) is 0 Å². The maximum atomic E-state index is 2.28. The number of rotatable bonds is 7. The summed E-state index contributed by atoms with van der Waals surface area (Å²) in [4.78, 5) is 0. The normalized spacial score (nSPS) is 17.8. The largest absolute Gasteiger partial charge is 0.161 e. The molecule has 1 aliphatic rings. The third kappa shape index (κ3) is 4.39. The molecule has 1 aliphatic heterocycles. The number of hydrogen-bond donors (Lipinski definition) is 0. The standard InChI is InChI=1S/C11H22S/c1-2-3-4-5-6-7-8-11-9-12-10-11/h11H,2-10H2,1H3. The number of hydrogen-bond acceptors (Lipinski definition) is 1. The molecule has 0 spiro atoms.